The molecule has 0 saturated heterocycles. The van der Waals surface area contributed by atoms with Gasteiger partial charge in [0.1, 0.15) is 6.04 Å². The van der Waals surface area contributed by atoms with Crippen molar-refractivity contribution in [3.63, 3.8) is 0 Å². The van der Waals surface area contributed by atoms with Crippen LogP contribution in [0.15, 0.2) is 48.5 Å². The van der Waals surface area contributed by atoms with Crippen LogP contribution >= 0.6 is 0 Å². The molecule has 0 bridgehead atoms. The average Bonchev–Trinajstić information content (AvgIpc) is 2.98. The van der Waals surface area contributed by atoms with E-state index < -0.39 is 12.0 Å². The van der Waals surface area contributed by atoms with Crippen LogP contribution in [0.25, 0.3) is 0 Å². The first-order valence-electron chi connectivity index (χ1n) is 8.48. The Morgan fingerprint density at radius 3 is 2.69 bits per heavy atom. The van der Waals surface area contributed by atoms with E-state index in [1.165, 1.54) is 4.90 Å². The highest BCUT2D eigenvalue weighted by molar-refractivity contribution is 6.03. The Labute approximate surface area is 151 Å². The summed E-state index contributed by atoms with van der Waals surface area (Å²) in [6.07, 6.45) is 0. The predicted molar refractivity (Wildman–Crippen MR) is 96.8 cm³/mol. The third-order valence-electron chi connectivity index (χ3n) is 4.34. The van der Waals surface area contributed by atoms with Gasteiger partial charge >= 0.3 is 5.97 Å². The first-order valence-corrected chi connectivity index (χ1v) is 8.48. The lowest BCUT2D eigenvalue weighted by atomic mass is 10.1. The standard InChI is InChI=1S/C20H20N2O4/c1-3-26-20(25)14-8-6-9-16(11-14)21-18(23)13(2)22-12-15-7-4-5-10-17(15)19(22)24/h4-11,13H,3,12H2,1-2H3,(H,21,23)/t13-/m0/s1. The van der Waals surface area contributed by atoms with E-state index in [0.29, 0.717) is 23.4 Å². The lowest BCUT2D eigenvalue weighted by molar-refractivity contribution is -0.120. The fourth-order valence-electron chi connectivity index (χ4n) is 2.92. The Bertz CT molecular complexity index is 862. The SMILES string of the molecule is CCOC(=O)c1cccc(NC(=O)[C@H](C)N2Cc3ccccc3C2=O)c1. The molecule has 2 aromatic rings. The van der Waals surface area contributed by atoms with Crippen LogP contribution in [0.3, 0.4) is 0 Å². The highest BCUT2D eigenvalue weighted by atomic mass is 16.5. The number of rotatable bonds is 5. The van der Waals surface area contributed by atoms with Gasteiger partial charge in [0.05, 0.1) is 12.2 Å². The van der Waals surface area contributed by atoms with Crippen molar-refractivity contribution in [3.05, 3.63) is 65.2 Å². The summed E-state index contributed by atoms with van der Waals surface area (Å²) < 4.78 is 4.96. The van der Waals surface area contributed by atoms with Crippen molar-refractivity contribution in [3.8, 4) is 0 Å². The maximum absolute atomic E-state index is 12.6. The van der Waals surface area contributed by atoms with Crippen molar-refractivity contribution < 1.29 is 19.1 Å². The van der Waals surface area contributed by atoms with Crippen molar-refractivity contribution in [2.45, 2.75) is 26.4 Å². The Morgan fingerprint density at radius 1 is 1.19 bits per heavy atom. The molecule has 0 aliphatic carbocycles. The largest absolute Gasteiger partial charge is 0.462 e. The van der Waals surface area contributed by atoms with Gasteiger partial charge in [0, 0.05) is 17.8 Å². The number of fused-ring (bicyclic) bond motifs is 1. The van der Waals surface area contributed by atoms with E-state index in [1.807, 2.05) is 18.2 Å². The summed E-state index contributed by atoms with van der Waals surface area (Å²) >= 11 is 0. The molecule has 2 amide bonds. The maximum Gasteiger partial charge on any atom is 0.338 e. The first kappa shape index (κ1) is 17.7. The van der Waals surface area contributed by atoms with Gasteiger partial charge in [-0.25, -0.2) is 4.79 Å². The molecule has 6 heteroatoms. The third kappa shape index (κ3) is 3.44. The van der Waals surface area contributed by atoms with Crippen LogP contribution in [0, 0.1) is 0 Å². The topological polar surface area (TPSA) is 75.7 Å². The van der Waals surface area contributed by atoms with Crippen molar-refractivity contribution in [1.29, 1.82) is 0 Å². The molecule has 0 radical (unpaired) electrons. The lowest BCUT2D eigenvalue weighted by Gasteiger charge is -2.23. The lowest BCUT2D eigenvalue weighted by Crippen LogP contribution is -2.42. The minimum Gasteiger partial charge on any atom is -0.462 e. The molecule has 26 heavy (non-hydrogen) atoms. The van der Waals surface area contributed by atoms with E-state index in [-0.39, 0.29) is 18.4 Å². The van der Waals surface area contributed by atoms with Gasteiger partial charge in [-0.1, -0.05) is 24.3 Å². The van der Waals surface area contributed by atoms with Gasteiger partial charge in [0.2, 0.25) is 5.91 Å². The van der Waals surface area contributed by atoms with Gasteiger partial charge < -0.3 is 15.0 Å². The second kappa shape index (κ2) is 7.39. The molecule has 1 atom stereocenters. The molecule has 0 fully saturated rings. The number of anilines is 1. The van der Waals surface area contributed by atoms with E-state index in [0.717, 1.165) is 5.56 Å². The van der Waals surface area contributed by atoms with Crippen LogP contribution in [-0.2, 0) is 16.1 Å². The maximum atomic E-state index is 12.6. The summed E-state index contributed by atoms with van der Waals surface area (Å²) in [4.78, 5) is 38.4. The Balaban J connectivity index is 1.70. The summed E-state index contributed by atoms with van der Waals surface area (Å²) in [7, 11) is 0. The number of esters is 1. The Kier molecular flexibility index (Phi) is 5.02. The summed E-state index contributed by atoms with van der Waals surface area (Å²) in [6.45, 7) is 4.11. The molecule has 6 nitrogen and oxygen atoms in total. The van der Waals surface area contributed by atoms with E-state index in [4.69, 9.17) is 4.74 Å². The van der Waals surface area contributed by atoms with Crippen LogP contribution in [-0.4, -0.2) is 35.3 Å². The average molecular weight is 352 g/mol. The molecule has 2 aromatic carbocycles. The second-order valence-corrected chi connectivity index (χ2v) is 6.06. The smallest absolute Gasteiger partial charge is 0.338 e. The predicted octanol–water partition coefficient (Wildman–Crippen LogP) is 2.85. The molecule has 0 spiro atoms. The summed E-state index contributed by atoms with van der Waals surface area (Å²) in [5.41, 5.74) is 2.40. The normalized spacial score (nSPS) is 13.9. The van der Waals surface area contributed by atoms with E-state index in [2.05, 4.69) is 5.32 Å². The first-order chi connectivity index (χ1) is 12.5. The summed E-state index contributed by atoms with van der Waals surface area (Å²) in [5.74, 6) is -0.905. The van der Waals surface area contributed by atoms with Crippen molar-refractivity contribution in [1.82, 2.24) is 4.90 Å². The molecule has 1 aliphatic rings. The van der Waals surface area contributed by atoms with Gasteiger partial charge in [-0.05, 0) is 43.7 Å². The minimum absolute atomic E-state index is 0.150. The molecule has 0 saturated carbocycles. The number of nitrogens with one attached hydrogen (secondary N) is 1. The van der Waals surface area contributed by atoms with Crippen molar-refractivity contribution in [2.24, 2.45) is 0 Å². The molecule has 1 N–H and O–H groups in total. The number of nitrogens with zero attached hydrogens (tertiary/aromatic N) is 1. The molecular formula is C20H20N2O4. The Morgan fingerprint density at radius 2 is 1.96 bits per heavy atom. The highest BCUT2D eigenvalue weighted by Crippen LogP contribution is 2.24. The second-order valence-electron chi connectivity index (χ2n) is 6.06. The van der Waals surface area contributed by atoms with Crippen LogP contribution in [0.5, 0.6) is 0 Å². The number of ether oxygens (including phenoxy) is 1. The molecule has 0 aromatic heterocycles. The molecular weight excluding hydrogens is 332 g/mol. The summed E-state index contributed by atoms with van der Waals surface area (Å²) in [6, 6.07) is 13.2. The van der Waals surface area contributed by atoms with Gasteiger partial charge in [0.25, 0.3) is 5.91 Å². The zero-order chi connectivity index (χ0) is 18.7. The highest BCUT2D eigenvalue weighted by Gasteiger charge is 2.33. The van der Waals surface area contributed by atoms with Crippen LogP contribution < -0.4 is 5.32 Å². The fraction of sp³-hybridized carbons (Fsp3) is 0.250. The number of benzene rings is 2. The van der Waals surface area contributed by atoms with Gasteiger partial charge in [-0.15, -0.1) is 0 Å². The fourth-order valence-corrected chi connectivity index (χ4v) is 2.92. The molecule has 1 aliphatic heterocycles. The molecule has 3 rings (SSSR count). The van der Waals surface area contributed by atoms with Gasteiger partial charge in [0.15, 0.2) is 0 Å². The molecule has 0 unspecified atom stereocenters. The summed E-state index contributed by atoms with van der Waals surface area (Å²) in [5, 5.41) is 2.76. The van der Waals surface area contributed by atoms with E-state index >= 15 is 0 Å². The number of carbonyl (C=O) groups excluding carboxylic acids is 3. The number of carbonyl (C=O) groups is 3. The third-order valence-corrected chi connectivity index (χ3v) is 4.34. The zero-order valence-corrected chi connectivity index (χ0v) is 14.7. The van der Waals surface area contributed by atoms with Crippen molar-refractivity contribution in [2.75, 3.05) is 11.9 Å². The monoisotopic (exact) mass is 352 g/mol. The van der Waals surface area contributed by atoms with Crippen LogP contribution in [0.1, 0.15) is 40.1 Å². The Hall–Kier alpha value is -3.15. The minimum atomic E-state index is -0.638. The molecule has 1 heterocycles. The van der Waals surface area contributed by atoms with Gasteiger partial charge in [-0.2, -0.15) is 0 Å². The van der Waals surface area contributed by atoms with E-state index in [1.54, 1.807) is 44.2 Å². The number of hydrogen-bond acceptors (Lipinski definition) is 4. The van der Waals surface area contributed by atoms with Gasteiger partial charge in [-0.3, -0.25) is 9.59 Å². The van der Waals surface area contributed by atoms with Crippen LogP contribution in [0.2, 0.25) is 0 Å². The number of hydrogen-bond donors (Lipinski definition) is 1. The zero-order valence-electron chi connectivity index (χ0n) is 14.7. The van der Waals surface area contributed by atoms with Crippen LogP contribution in [0.4, 0.5) is 5.69 Å². The molecule has 134 valence electrons. The number of amides is 2. The quantitative estimate of drug-likeness (QED) is 0.840. The van der Waals surface area contributed by atoms with Crippen molar-refractivity contribution >= 4 is 23.5 Å². The van der Waals surface area contributed by atoms with E-state index in [9.17, 15) is 14.4 Å².